The van der Waals surface area contributed by atoms with Gasteiger partial charge < -0.3 is 5.73 Å². The first-order chi connectivity index (χ1) is 8.69. The van der Waals surface area contributed by atoms with Crippen LogP contribution in [0.15, 0.2) is 53.1 Å². The van der Waals surface area contributed by atoms with Gasteiger partial charge in [0, 0.05) is 16.7 Å². The van der Waals surface area contributed by atoms with E-state index in [0.717, 1.165) is 5.69 Å². The molecule has 0 saturated heterocycles. The van der Waals surface area contributed by atoms with Gasteiger partial charge in [0.1, 0.15) is 0 Å². The van der Waals surface area contributed by atoms with E-state index in [-0.39, 0.29) is 5.91 Å². The van der Waals surface area contributed by atoms with Crippen molar-refractivity contribution in [3.05, 3.63) is 48.2 Å². The molecular weight excluding hydrogens is 246 g/mol. The molecule has 5 heteroatoms. The number of hydrazine groups is 1. The van der Waals surface area contributed by atoms with Crippen molar-refractivity contribution < 1.29 is 4.79 Å². The maximum Gasteiger partial charge on any atom is 0.246 e. The van der Waals surface area contributed by atoms with Crippen molar-refractivity contribution in [1.82, 2.24) is 5.01 Å². The molecule has 0 unspecified atom stereocenters. The average Bonchev–Trinajstić information content (AvgIpc) is 2.39. The number of primary amides is 1. The van der Waals surface area contributed by atoms with Crippen molar-refractivity contribution in [3.8, 4) is 0 Å². The minimum absolute atomic E-state index is 0.385. The molecule has 0 aliphatic carbocycles. The molecule has 2 rings (SSSR count). The molecule has 1 heterocycles. The lowest BCUT2D eigenvalue weighted by atomic mass is 10.2. The van der Waals surface area contributed by atoms with Gasteiger partial charge in [-0.05, 0) is 30.5 Å². The van der Waals surface area contributed by atoms with Crippen LogP contribution in [0.3, 0.4) is 0 Å². The number of benzene rings is 1. The van der Waals surface area contributed by atoms with Gasteiger partial charge in [-0.2, -0.15) is 0 Å². The molecule has 0 spiro atoms. The topological polar surface area (TPSA) is 58.4 Å². The summed E-state index contributed by atoms with van der Waals surface area (Å²) in [7, 11) is 0. The molecule has 4 nitrogen and oxygen atoms in total. The molecule has 0 aromatic heterocycles. The zero-order valence-electron chi connectivity index (χ0n) is 10.1. The van der Waals surface area contributed by atoms with Crippen LogP contribution in [0.2, 0.25) is 0 Å². The molecule has 0 atom stereocenters. The lowest BCUT2D eigenvalue weighted by Gasteiger charge is -2.25. The maximum atomic E-state index is 11.1. The molecule has 0 fully saturated rings. The minimum Gasteiger partial charge on any atom is -0.366 e. The van der Waals surface area contributed by atoms with Crippen LogP contribution < -0.4 is 11.2 Å². The van der Waals surface area contributed by atoms with E-state index < -0.39 is 0 Å². The Morgan fingerprint density at radius 2 is 2.33 bits per heavy atom. The summed E-state index contributed by atoms with van der Waals surface area (Å²) in [6.07, 6.45) is 7.44. The Balaban J connectivity index is 2.04. The zero-order chi connectivity index (χ0) is 13.0. The Morgan fingerprint density at radius 3 is 3.06 bits per heavy atom. The van der Waals surface area contributed by atoms with Gasteiger partial charge in [-0.3, -0.25) is 15.2 Å². The van der Waals surface area contributed by atoms with E-state index in [4.69, 9.17) is 5.73 Å². The predicted molar refractivity (Wildman–Crippen MR) is 75.0 cm³/mol. The highest BCUT2D eigenvalue weighted by Gasteiger charge is 2.11. The first-order valence-electron chi connectivity index (χ1n) is 5.53. The third kappa shape index (κ3) is 3.07. The van der Waals surface area contributed by atoms with Crippen molar-refractivity contribution in [2.75, 3.05) is 18.2 Å². The number of carbonyl (C=O) groups excluding carboxylic acids is 1. The number of allylic oxidation sites excluding steroid dienone is 2. The van der Waals surface area contributed by atoms with Gasteiger partial charge in [0.2, 0.25) is 5.91 Å². The van der Waals surface area contributed by atoms with Crippen molar-refractivity contribution >= 4 is 23.4 Å². The summed E-state index contributed by atoms with van der Waals surface area (Å²) in [5, 5.41) is 1.83. The summed E-state index contributed by atoms with van der Waals surface area (Å²) >= 11 is 1.69. The van der Waals surface area contributed by atoms with Crippen LogP contribution in [0.4, 0.5) is 5.69 Å². The number of anilines is 1. The van der Waals surface area contributed by atoms with Crippen molar-refractivity contribution in [2.24, 2.45) is 5.73 Å². The maximum absolute atomic E-state index is 11.1. The molecule has 0 bridgehead atoms. The SMILES string of the molecule is CSc1cccc(NN2C=CC=C(C(N)=O)C2)c1. The minimum atomic E-state index is -0.385. The van der Waals surface area contributed by atoms with E-state index in [9.17, 15) is 4.79 Å². The number of nitrogens with two attached hydrogens (primary N) is 1. The number of hydrogen-bond acceptors (Lipinski definition) is 4. The molecule has 1 aromatic rings. The van der Waals surface area contributed by atoms with Gasteiger partial charge in [-0.15, -0.1) is 11.8 Å². The van der Waals surface area contributed by atoms with E-state index in [1.54, 1.807) is 23.9 Å². The smallest absolute Gasteiger partial charge is 0.246 e. The summed E-state index contributed by atoms with van der Waals surface area (Å²) in [6, 6.07) is 8.08. The van der Waals surface area contributed by atoms with E-state index in [1.807, 2.05) is 29.6 Å². The molecule has 1 amide bonds. The Kier molecular flexibility index (Phi) is 3.94. The molecule has 3 N–H and O–H groups in total. The molecule has 1 aromatic carbocycles. The second-order valence-corrected chi connectivity index (χ2v) is 4.75. The third-order valence-corrected chi connectivity index (χ3v) is 3.29. The van der Waals surface area contributed by atoms with Gasteiger partial charge in [0.15, 0.2) is 0 Å². The first kappa shape index (κ1) is 12.6. The fourth-order valence-electron chi connectivity index (χ4n) is 1.65. The van der Waals surface area contributed by atoms with Crippen LogP contribution in [-0.4, -0.2) is 23.7 Å². The lowest BCUT2D eigenvalue weighted by Crippen LogP contribution is -2.32. The van der Waals surface area contributed by atoms with Crippen molar-refractivity contribution in [1.29, 1.82) is 0 Å². The Labute approximate surface area is 111 Å². The van der Waals surface area contributed by atoms with Crippen LogP contribution in [0, 0.1) is 0 Å². The quantitative estimate of drug-likeness (QED) is 0.814. The number of hydrogen-bond donors (Lipinski definition) is 2. The number of nitrogens with zero attached hydrogens (tertiary/aromatic N) is 1. The van der Waals surface area contributed by atoms with Gasteiger partial charge in [0.25, 0.3) is 0 Å². The number of thioether (sulfide) groups is 1. The van der Waals surface area contributed by atoms with E-state index in [2.05, 4.69) is 17.6 Å². The van der Waals surface area contributed by atoms with Gasteiger partial charge >= 0.3 is 0 Å². The second-order valence-electron chi connectivity index (χ2n) is 3.87. The van der Waals surface area contributed by atoms with Crippen LogP contribution >= 0.6 is 11.8 Å². The third-order valence-electron chi connectivity index (χ3n) is 2.56. The highest BCUT2D eigenvalue weighted by atomic mass is 32.2. The first-order valence-corrected chi connectivity index (χ1v) is 6.76. The normalized spacial score (nSPS) is 14.3. The Hall–Kier alpha value is -1.88. The fourth-order valence-corrected chi connectivity index (χ4v) is 2.11. The van der Waals surface area contributed by atoms with E-state index in [0.29, 0.717) is 12.1 Å². The van der Waals surface area contributed by atoms with Gasteiger partial charge in [-0.25, -0.2) is 0 Å². The highest BCUT2D eigenvalue weighted by molar-refractivity contribution is 7.98. The molecule has 18 heavy (non-hydrogen) atoms. The number of amides is 1. The lowest BCUT2D eigenvalue weighted by molar-refractivity contribution is -0.114. The van der Waals surface area contributed by atoms with E-state index in [1.165, 1.54) is 4.90 Å². The Morgan fingerprint density at radius 1 is 1.50 bits per heavy atom. The van der Waals surface area contributed by atoms with Gasteiger partial charge in [-0.1, -0.05) is 12.1 Å². The van der Waals surface area contributed by atoms with Crippen LogP contribution in [0.1, 0.15) is 0 Å². The number of carbonyl (C=O) groups is 1. The summed E-state index contributed by atoms with van der Waals surface area (Å²) in [5.41, 5.74) is 10.1. The summed E-state index contributed by atoms with van der Waals surface area (Å²) in [6.45, 7) is 0.468. The summed E-state index contributed by atoms with van der Waals surface area (Å²) in [4.78, 5) is 12.3. The van der Waals surface area contributed by atoms with Crippen molar-refractivity contribution in [3.63, 3.8) is 0 Å². The van der Waals surface area contributed by atoms with Gasteiger partial charge in [0.05, 0.1) is 12.2 Å². The zero-order valence-corrected chi connectivity index (χ0v) is 10.9. The monoisotopic (exact) mass is 261 g/mol. The fraction of sp³-hybridized carbons (Fsp3) is 0.154. The molecule has 0 radical (unpaired) electrons. The molecule has 1 aliphatic heterocycles. The Bertz CT molecular complexity index is 511. The molecule has 0 saturated carbocycles. The van der Waals surface area contributed by atoms with Crippen LogP contribution in [-0.2, 0) is 4.79 Å². The molecular formula is C13H15N3OS. The average molecular weight is 261 g/mol. The highest BCUT2D eigenvalue weighted by Crippen LogP contribution is 2.20. The molecule has 1 aliphatic rings. The van der Waals surface area contributed by atoms with E-state index >= 15 is 0 Å². The standard InChI is InChI=1S/C13H15N3OS/c1-18-12-6-2-5-11(8-12)15-16-7-3-4-10(9-16)13(14)17/h2-8,15H,9H2,1H3,(H2,14,17). The summed E-state index contributed by atoms with van der Waals surface area (Å²) < 4.78 is 0. The van der Waals surface area contributed by atoms with Crippen LogP contribution in [0.25, 0.3) is 0 Å². The predicted octanol–water partition coefficient (Wildman–Crippen LogP) is 1.98. The van der Waals surface area contributed by atoms with Crippen LogP contribution in [0.5, 0.6) is 0 Å². The number of rotatable bonds is 4. The molecule has 94 valence electrons. The largest absolute Gasteiger partial charge is 0.366 e. The summed E-state index contributed by atoms with van der Waals surface area (Å²) in [5.74, 6) is -0.385. The van der Waals surface area contributed by atoms with Crippen molar-refractivity contribution in [2.45, 2.75) is 4.90 Å². The second kappa shape index (κ2) is 5.64. The number of nitrogens with one attached hydrogen (secondary N) is 1.